The maximum atomic E-state index is 12.8. The summed E-state index contributed by atoms with van der Waals surface area (Å²) in [6.45, 7) is 3.83. The van der Waals surface area contributed by atoms with Crippen molar-refractivity contribution in [3.05, 3.63) is 81.1 Å². The average molecular weight is 480 g/mol. The minimum Gasteiger partial charge on any atom is -0.471 e. The second-order valence-corrected chi connectivity index (χ2v) is 8.54. The van der Waals surface area contributed by atoms with E-state index in [1.807, 2.05) is 35.2 Å². The molecule has 9 heteroatoms. The Morgan fingerprint density at radius 2 is 1.77 bits per heavy atom. The summed E-state index contributed by atoms with van der Waals surface area (Å²) in [6.07, 6.45) is 1.73. The highest BCUT2D eigenvalue weighted by Gasteiger charge is 2.23. The van der Waals surface area contributed by atoms with Crippen LogP contribution in [0.1, 0.15) is 16.1 Å². The highest BCUT2D eigenvalue weighted by molar-refractivity contribution is 6.42. The number of benzene rings is 2. The lowest BCUT2D eigenvalue weighted by molar-refractivity contribution is 0.0621. The number of carbonyl (C=O) groups excluding carboxylic acids is 1. The van der Waals surface area contributed by atoms with Crippen molar-refractivity contribution in [3.8, 4) is 5.75 Å². The molecule has 0 unspecified atom stereocenters. The first kappa shape index (κ1) is 22.0. The number of amides is 1. The highest BCUT2D eigenvalue weighted by Crippen LogP contribution is 2.23. The van der Waals surface area contributed by atoms with Gasteiger partial charge in [-0.25, -0.2) is 4.68 Å². The number of carbonyl (C=O) groups is 1. The lowest BCUT2D eigenvalue weighted by Crippen LogP contribution is -2.48. The van der Waals surface area contributed by atoms with Gasteiger partial charge in [0.15, 0.2) is 12.4 Å². The van der Waals surface area contributed by atoms with Gasteiger partial charge in [-0.15, -0.1) is 0 Å². The molecule has 162 valence electrons. The maximum Gasteiger partial charge on any atom is 0.274 e. The van der Waals surface area contributed by atoms with Crippen LogP contribution < -0.4 is 4.74 Å². The van der Waals surface area contributed by atoms with Gasteiger partial charge in [0.2, 0.25) is 0 Å². The molecule has 0 bridgehead atoms. The van der Waals surface area contributed by atoms with Gasteiger partial charge in [0, 0.05) is 43.9 Å². The molecule has 1 aromatic heterocycles. The number of rotatable bonds is 6. The lowest BCUT2D eigenvalue weighted by atomic mass is 10.2. The Balaban J connectivity index is 1.28. The molecule has 0 radical (unpaired) electrons. The number of ether oxygens (including phenoxy) is 1. The van der Waals surface area contributed by atoms with E-state index in [1.54, 1.807) is 29.1 Å². The van der Waals surface area contributed by atoms with Gasteiger partial charge in [-0.05, 0) is 42.0 Å². The Morgan fingerprint density at radius 1 is 0.968 bits per heavy atom. The molecule has 1 amide bonds. The molecule has 0 spiro atoms. The Kier molecular flexibility index (Phi) is 7.02. The molecule has 0 atom stereocenters. The van der Waals surface area contributed by atoms with Crippen molar-refractivity contribution < 1.29 is 9.53 Å². The number of hydrogen-bond donors (Lipinski definition) is 0. The van der Waals surface area contributed by atoms with Crippen LogP contribution in [-0.4, -0.2) is 51.7 Å². The van der Waals surface area contributed by atoms with E-state index in [-0.39, 0.29) is 12.6 Å². The Morgan fingerprint density at radius 3 is 2.52 bits per heavy atom. The van der Waals surface area contributed by atoms with Gasteiger partial charge < -0.3 is 9.64 Å². The SMILES string of the molecule is O=C(c1ccn(COc2cccc(Cl)c2)n1)N1CCN(Cc2ccc(Cl)c(Cl)c2)CC1. The van der Waals surface area contributed by atoms with Crippen molar-refractivity contribution in [2.45, 2.75) is 13.3 Å². The lowest BCUT2D eigenvalue weighted by Gasteiger charge is -2.34. The number of aromatic nitrogens is 2. The third-order valence-corrected chi connectivity index (χ3v) is 6.04. The predicted molar refractivity (Wildman–Crippen MR) is 122 cm³/mol. The number of nitrogens with zero attached hydrogens (tertiary/aromatic N) is 4. The zero-order valence-electron chi connectivity index (χ0n) is 16.7. The molecule has 1 aliphatic rings. The van der Waals surface area contributed by atoms with Gasteiger partial charge in [0.05, 0.1) is 10.0 Å². The van der Waals surface area contributed by atoms with Crippen molar-refractivity contribution in [2.75, 3.05) is 26.2 Å². The molecule has 1 aliphatic heterocycles. The monoisotopic (exact) mass is 478 g/mol. The van der Waals surface area contributed by atoms with Crippen LogP contribution in [-0.2, 0) is 13.3 Å². The average Bonchev–Trinajstić information content (AvgIpc) is 3.24. The Hall–Kier alpha value is -2.25. The van der Waals surface area contributed by atoms with Crippen molar-refractivity contribution >= 4 is 40.7 Å². The van der Waals surface area contributed by atoms with Crippen molar-refractivity contribution in [3.63, 3.8) is 0 Å². The van der Waals surface area contributed by atoms with E-state index >= 15 is 0 Å². The van der Waals surface area contributed by atoms with E-state index < -0.39 is 0 Å². The molecule has 0 saturated carbocycles. The van der Waals surface area contributed by atoms with Gasteiger partial charge in [-0.2, -0.15) is 5.10 Å². The molecule has 1 fully saturated rings. The summed E-state index contributed by atoms with van der Waals surface area (Å²) in [6, 6.07) is 14.5. The fourth-order valence-electron chi connectivity index (χ4n) is 3.41. The van der Waals surface area contributed by atoms with Crippen molar-refractivity contribution in [1.29, 1.82) is 0 Å². The smallest absolute Gasteiger partial charge is 0.274 e. The van der Waals surface area contributed by atoms with Crippen LogP contribution in [0.25, 0.3) is 0 Å². The van der Waals surface area contributed by atoms with Crippen LogP contribution in [0.5, 0.6) is 5.75 Å². The molecular formula is C22H21Cl3N4O2. The van der Waals surface area contributed by atoms with Gasteiger partial charge in [-0.3, -0.25) is 9.69 Å². The van der Waals surface area contributed by atoms with Crippen molar-refractivity contribution in [2.24, 2.45) is 0 Å². The fraction of sp³-hybridized carbons (Fsp3) is 0.273. The summed E-state index contributed by atoms with van der Waals surface area (Å²) in [7, 11) is 0. The normalized spacial score (nSPS) is 14.6. The summed E-state index contributed by atoms with van der Waals surface area (Å²) in [5.41, 5.74) is 1.51. The standard InChI is InChI=1S/C22H21Cl3N4O2/c23-17-2-1-3-18(13-17)31-15-29-7-6-21(26-29)22(30)28-10-8-27(9-11-28)14-16-4-5-19(24)20(25)12-16/h1-7,12-13H,8-11,14-15H2. The van der Waals surface area contributed by atoms with Crippen LogP contribution in [0.2, 0.25) is 15.1 Å². The summed E-state index contributed by atoms with van der Waals surface area (Å²) in [5.74, 6) is 0.574. The minimum atomic E-state index is -0.0734. The first-order valence-corrected chi connectivity index (χ1v) is 11.0. The van der Waals surface area contributed by atoms with Crippen LogP contribution in [0.4, 0.5) is 0 Å². The van der Waals surface area contributed by atoms with Gasteiger partial charge in [0.1, 0.15) is 5.75 Å². The Bertz CT molecular complexity index is 1060. The van der Waals surface area contributed by atoms with E-state index in [2.05, 4.69) is 10.00 Å². The molecular weight excluding hydrogens is 459 g/mol. The largest absolute Gasteiger partial charge is 0.471 e. The zero-order valence-corrected chi connectivity index (χ0v) is 18.9. The summed E-state index contributed by atoms with van der Waals surface area (Å²) >= 11 is 18.0. The topological polar surface area (TPSA) is 50.6 Å². The van der Waals surface area contributed by atoms with Crippen molar-refractivity contribution in [1.82, 2.24) is 19.6 Å². The number of halogens is 3. The van der Waals surface area contributed by atoms with Crippen LogP contribution in [0.3, 0.4) is 0 Å². The molecule has 2 aromatic carbocycles. The van der Waals surface area contributed by atoms with Gasteiger partial charge >= 0.3 is 0 Å². The summed E-state index contributed by atoms with van der Waals surface area (Å²) < 4.78 is 7.26. The van der Waals surface area contributed by atoms with Gasteiger partial charge in [-0.1, -0.05) is 46.9 Å². The zero-order chi connectivity index (χ0) is 21.8. The molecule has 1 saturated heterocycles. The molecule has 0 N–H and O–H groups in total. The highest BCUT2D eigenvalue weighted by atomic mass is 35.5. The van der Waals surface area contributed by atoms with E-state index in [1.165, 1.54) is 0 Å². The molecule has 0 aliphatic carbocycles. The van der Waals surface area contributed by atoms with E-state index in [9.17, 15) is 4.79 Å². The first-order chi connectivity index (χ1) is 15.0. The summed E-state index contributed by atoms with van der Waals surface area (Å²) in [4.78, 5) is 16.9. The molecule has 31 heavy (non-hydrogen) atoms. The van der Waals surface area contributed by atoms with Crippen LogP contribution in [0.15, 0.2) is 54.7 Å². The van der Waals surface area contributed by atoms with Crippen LogP contribution >= 0.6 is 34.8 Å². The second kappa shape index (κ2) is 9.92. The first-order valence-electron chi connectivity index (χ1n) is 9.85. The summed E-state index contributed by atoms with van der Waals surface area (Å²) in [5, 5.41) is 6.07. The van der Waals surface area contributed by atoms with Crippen LogP contribution in [0, 0.1) is 0 Å². The van der Waals surface area contributed by atoms with E-state index in [0.717, 1.165) is 25.2 Å². The second-order valence-electron chi connectivity index (χ2n) is 7.29. The third-order valence-electron chi connectivity index (χ3n) is 5.07. The Labute approximate surface area is 195 Å². The quantitative estimate of drug-likeness (QED) is 0.508. The predicted octanol–water partition coefficient (Wildman–Crippen LogP) is 4.84. The number of hydrogen-bond acceptors (Lipinski definition) is 4. The molecule has 2 heterocycles. The maximum absolute atomic E-state index is 12.8. The number of piperazine rings is 1. The molecule has 3 aromatic rings. The van der Waals surface area contributed by atoms with E-state index in [0.29, 0.717) is 39.6 Å². The van der Waals surface area contributed by atoms with Gasteiger partial charge in [0.25, 0.3) is 5.91 Å². The van der Waals surface area contributed by atoms with E-state index in [4.69, 9.17) is 39.5 Å². The minimum absolute atomic E-state index is 0.0734. The molecule has 4 rings (SSSR count). The molecule has 6 nitrogen and oxygen atoms in total. The fourth-order valence-corrected chi connectivity index (χ4v) is 3.91. The third kappa shape index (κ3) is 5.71.